The molecule has 1 aromatic carbocycles. The van der Waals surface area contributed by atoms with Gasteiger partial charge in [-0.1, -0.05) is 23.2 Å². The van der Waals surface area contributed by atoms with Crippen molar-refractivity contribution in [2.45, 2.75) is 6.18 Å². The van der Waals surface area contributed by atoms with Crippen LogP contribution in [0, 0.1) is 10.1 Å². The van der Waals surface area contributed by atoms with Crippen LogP contribution in [-0.2, 0) is 6.18 Å². The second-order valence-electron chi connectivity index (χ2n) is 3.94. The van der Waals surface area contributed by atoms with Crippen LogP contribution in [0.15, 0.2) is 24.5 Å². The molecule has 2 rings (SSSR count). The first-order chi connectivity index (χ1) is 10.2. The van der Waals surface area contributed by atoms with E-state index in [2.05, 4.69) is 15.3 Å². The number of halogens is 5. The van der Waals surface area contributed by atoms with Gasteiger partial charge in [0.05, 0.1) is 21.2 Å². The predicted molar refractivity (Wildman–Crippen MR) is 73.4 cm³/mol. The van der Waals surface area contributed by atoms with Crippen LogP contribution in [0.2, 0.25) is 10.2 Å². The first-order valence-electron chi connectivity index (χ1n) is 5.49. The summed E-state index contributed by atoms with van der Waals surface area (Å²) in [6, 6.07) is 2.51. The molecule has 6 nitrogen and oxygen atoms in total. The third-order valence-corrected chi connectivity index (χ3v) is 3.11. The van der Waals surface area contributed by atoms with Crippen molar-refractivity contribution in [3.05, 3.63) is 50.4 Å². The molecule has 0 aliphatic heterocycles. The highest BCUT2D eigenvalue weighted by Crippen LogP contribution is 2.37. The number of hydrogen-bond acceptors (Lipinski definition) is 5. The third kappa shape index (κ3) is 3.37. The maximum atomic E-state index is 12.7. The molecule has 1 N–H and O–H groups in total. The zero-order chi connectivity index (χ0) is 16.5. The van der Waals surface area contributed by atoms with E-state index in [-0.39, 0.29) is 16.5 Å². The molecule has 0 unspecified atom stereocenters. The number of alkyl halides is 3. The second kappa shape index (κ2) is 5.93. The van der Waals surface area contributed by atoms with Crippen molar-refractivity contribution in [3.63, 3.8) is 0 Å². The van der Waals surface area contributed by atoms with Gasteiger partial charge in [0, 0.05) is 0 Å². The van der Waals surface area contributed by atoms with Gasteiger partial charge in [-0.15, -0.1) is 0 Å². The Bertz CT molecular complexity index is 740. The summed E-state index contributed by atoms with van der Waals surface area (Å²) in [7, 11) is 0. The first-order valence-corrected chi connectivity index (χ1v) is 6.24. The summed E-state index contributed by atoms with van der Waals surface area (Å²) in [6.45, 7) is 0. The quantitative estimate of drug-likeness (QED) is 0.501. The Morgan fingerprint density at radius 1 is 1.23 bits per heavy atom. The fourth-order valence-corrected chi connectivity index (χ4v) is 1.90. The van der Waals surface area contributed by atoms with Gasteiger partial charge < -0.3 is 5.32 Å². The lowest BCUT2D eigenvalue weighted by Gasteiger charge is -2.12. The predicted octanol–water partition coefficient (Wildman–Crippen LogP) is 4.45. The number of anilines is 2. The zero-order valence-corrected chi connectivity index (χ0v) is 11.9. The number of rotatable bonds is 3. The fourth-order valence-electron chi connectivity index (χ4n) is 1.54. The molecule has 0 amide bonds. The number of aromatic nitrogens is 2. The standard InChI is InChI=1S/C11H5Cl2F3N4O2/c12-6-2-1-5(11(14,15)16)3-7(6)19-10-8(20(21)22)9(13)17-4-18-10/h1-4H,(H,17,18,19). The summed E-state index contributed by atoms with van der Waals surface area (Å²) < 4.78 is 38.1. The topological polar surface area (TPSA) is 81.0 Å². The van der Waals surface area contributed by atoms with Crippen LogP contribution >= 0.6 is 23.2 Å². The van der Waals surface area contributed by atoms with Crippen LogP contribution in [0.5, 0.6) is 0 Å². The molecule has 1 heterocycles. The Balaban J connectivity index is 2.48. The summed E-state index contributed by atoms with van der Waals surface area (Å²) >= 11 is 11.4. The lowest BCUT2D eigenvalue weighted by molar-refractivity contribution is -0.384. The summed E-state index contributed by atoms with van der Waals surface area (Å²) in [5.74, 6) is -0.369. The molecule has 2 aromatic rings. The van der Waals surface area contributed by atoms with Crippen LogP contribution in [0.3, 0.4) is 0 Å². The zero-order valence-electron chi connectivity index (χ0n) is 10.4. The SMILES string of the molecule is O=[N+]([O-])c1c(Cl)ncnc1Nc1cc(C(F)(F)F)ccc1Cl. The van der Waals surface area contributed by atoms with E-state index in [0.717, 1.165) is 18.5 Å². The van der Waals surface area contributed by atoms with E-state index in [1.54, 1.807) is 0 Å². The number of nitrogens with zero attached hydrogens (tertiary/aromatic N) is 3. The molecule has 11 heteroatoms. The molecule has 0 saturated heterocycles. The first kappa shape index (κ1) is 16.2. The number of benzene rings is 1. The van der Waals surface area contributed by atoms with Crippen LogP contribution in [0.1, 0.15) is 5.56 Å². The molecule has 0 radical (unpaired) electrons. The Morgan fingerprint density at radius 3 is 2.50 bits per heavy atom. The maximum absolute atomic E-state index is 12.7. The van der Waals surface area contributed by atoms with E-state index < -0.39 is 27.5 Å². The van der Waals surface area contributed by atoms with Crippen LogP contribution < -0.4 is 5.32 Å². The molecule has 0 saturated carbocycles. The minimum atomic E-state index is -4.59. The van der Waals surface area contributed by atoms with Gasteiger partial charge in [0.25, 0.3) is 0 Å². The van der Waals surface area contributed by atoms with Gasteiger partial charge in [0.2, 0.25) is 11.0 Å². The average Bonchev–Trinajstić information content (AvgIpc) is 2.39. The van der Waals surface area contributed by atoms with Crippen molar-refractivity contribution < 1.29 is 18.1 Å². The van der Waals surface area contributed by atoms with Gasteiger partial charge in [-0.3, -0.25) is 10.1 Å². The molecule has 22 heavy (non-hydrogen) atoms. The maximum Gasteiger partial charge on any atom is 0.416 e. The van der Waals surface area contributed by atoms with Crippen molar-refractivity contribution in [2.75, 3.05) is 5.32 Å². The molecule has 1 aromatic heterocycles. The smallest absolute Gasteiger partial charge is 0.333 e. The van der Waals surface area contributed by atoms with Gasteiger partial charge in [-0.2, -0.15) is 13.2 Å². The monoisotopic (exact) mass is 352 g/mol. The molecular weight excluding hydrogens is 348 g/mol. The van der Waals surface area contributed by atoms with E-state index in [9.17, 15) is 23.3 Å². The molecular formula is C11H5Cl2F3N4O2. The largest absolute Gasteiger partial charge is 0.416 e. The minimum absolute atomic E-state index is 0.0722. The van der Waals surface area contributed by atoms with E-state index >= 15 is 0 Å². The third-order valence-electron chi connectivity index (χ3n) is 2.51. The van der Waals surface area contributed by atoms with Crippen molar-refractivity contribution in [2.24, 2.45) is 0 Å². The van der Waals surface area contributed by atoms with Gasteiger partial charge in [0.1, 0.15) is 6.33 Å². The lowest BCUT2D eigenvalue weighted by Crippen LogP contribution is -2.07. The van der Waals surface area contributed by atoms with Crippen LogP contribution in [0.25, 0.3) is 0 Å². The molecule has 0 bridgehead atoms. The molecule has 0 spiro atoms. The summed E-state index contributed by atoms with van der Waals surface area (Å²) in [5, 5.41) is 12.8. The Labute approximate surface area is 131 Å². The lowest BCUT2D eigenvalue weighted by atomic mass is 10.2. The number of hydrogen-bond donors (Lipinski definition) is 1. The van der Waals surface area contributed by atoms with Gasteiger partial charge in [-0.25, -0.2) is 9.97 Å². The molecule has 0 atom stereocenters. The molecule has 116 valence electrons. The van der Waals surface area contributed by atoms with Crippen molar-refractivity contribution >= 4 is 40.4 Å². The molecule has 0 fully saturated rings. The van der Waals surface area contributed by atoms with E-state index in [1.807, 2.05) is 0 Å². The van der Waals surface area contributed by atoms with Gasteiger partial charge >= 0.3 is 11.9 Å². The fraction of sp³-hybridized carbons (Fsp3) is 0.0909. The Kier molecular flexibility index (Phi) is 4.38. The van der Waals surface area contributed by atoms with Crippen molar-refractivity contribution in [1.29, 1.82) is 0 Å². The summed E-state index contributed by atoms with van der Waals surface area (Å²) in [5.41, 5.74) is -1.84. The van der Waals surface area contributed by atoms with Crippen LogP contribution in [0.4, 0.5) is 30.4 Å². The highest BCUT2D eigenvalue weighted by Gasteiger charge is 2.31. The number of nitrogens with one attached hydrogen (secondary N) is 1. The van der Waals surface area contributed by atoms with Crippen LogP contribution in [-0.4, -0.2) is 14.9 Å². The highest BCUT2D eigenvalue weighted by atomic mass is 35.5. The minimum Gasteiger partial charge on any atom is -0.333 e. The van der Waals surface area contributed by atoms with Crippen molar-refractivity contribution in [3.8, 4) is 0 Å². The Morgan fingerprint density at radius 2 is 1.91 bits per heavy atom. The van der Waals surface area contributed by atoms with E-state index in [0.29, 0.717) is 6.07 Å². The second-order valence-corrected chi connectivity index (χ2v) is 4.70. The Hall–Kier alpha value is -2.13. The molecule has 0 aliphatic carbocycles. The molecule has 0 aliphatic rings. The highest BCUT2D eigenvalue weighted by molar-refractivity contribution is 6.33. The van der Waals surface area contributed by atoms with Gasteiger partial charge in [-0.05, 0) is 18.2 Å². The normalized spacial score (nSPS) is 11.3. The summed E-state index contributed by atoms with van der Waals surface area (Å²) in [4.78, 5) is 17.1. The van der Waals surface area contributed by atoms with E-state index in [1.165, 1.54) is 0 Å². The summed E-state index contributed by atoms with van der Waals surface area (Å²) in [6.07, 6.45) is -3.66. The van der Waals surface area contributed by atoms with E-state index in [4.69, 9.17) is 23.2 Å². The number of nitro groups is 1. The van der Waals surface area contributed by atoms with Crippen molar-refractivity contribution in [1.82, 2.24) is 9.97 Å². The average molecular weight is 353 g/mol. The van der Waals surface area contributed by atoms with Gasteiger partial charge in [0.15, 0.2) is 0 Å².